The number of para-hydroxylation sites is 1. The van der Waals surface area contributed by atoms with Crippen LogP contribution in [0.3, 0.4) is 0 Å². The molecule has 0 amide bonds. The summed E-state index contributed by atoms with van der Waals surface area (Å²) < 4.78 is 11.4. The van der Waals surface area contributed by atoms with Crippen molar-refractivity contribution < 1.29 is 14.6 Å². The van der Waals surface area contributed by atoms with E-state index in [4.69, 9.17) is 9.47 Å². The number of hydrogen-bond acceptors (Lipinski definition) is 5. The highest BCUT2D eigenvalue weighted by molar-refractivity contribution is 5.37. The summed E-state index contributed by atoms with van der Waals surface area (Å²) in [6, 6.07) is 26.6. The number of aliphatic hydroxyl groups is 1. The molecule has 0 aromatic heterocycles. The van der Waals surface area contributed by atoms with Gasteiger partial charge in [0.1, 0.15) is 11.5 Å². The van der Waals surface area contributed by atoms with Crippen LogP contribution in [-0.4, -0.2) is 67.9 Å². The average Bonchev–Trinajstić information content (AvgIpc) is 2.89. The number of aliphatic hydroxyl groups excluding tert-OH is 1. The normalized spacial score (nSPS) is 15.7. The van der Waals surface area contributed by atoms with Gasteiger partial charge >= 0.3 is 0 Å². The lowest BCUT2D eigenvalue weighted by molar-refractivity contribution is 0.0707. The molecule has 0 bridgehead atoms. The number of piperazine rings is 1. The second kappa shape index (κ2) is 12.6. The maximum absolute atomic E-state index is 10.6. The summed E-state index contributed by atoms with van der Waals surface area (Å²) in [6.07, 6.45) is 1.40. The first kappa shape index (κ1) is 24.3. The molecule has 5 nitrogen and oxygen atoms in total. The smallest absolute Gasteiger partial charge is 0.122 e. The molecular formula is C29H36N2O3. The fourth-order valence-corrected chi connectivity index (χ4v) is 4.47. The molecule has 5 heteroatoms. The fraction of sp³-hybridized carbons (Fsp3) is 0.379. The fourth-order valence-electron chi connectivity index (χ4n) is 4.47. The van der Waals surface area contributed by atoms with Gasteiger partial charge < -0.3 is 19.5 Å². The first-order valence-electron chi connectivity index (χ1n) is 12.2. The van der Waals surface area contributed by atoms with Crippen molar-refractivity contribution in [1.29, 1.82) is 0 Å². The molecule has 1 fully saturated rings. The highest BCUT2D eigenvalue weighted by atomic mass is 16.5. The third-order valence-electron chi connectivity index (χ3n) is 6.46. The van der Waals surface area contributed by atoms with Gasteiger partial charge in [0.2, 0.25) is 0 Å². The number of benzene rings is 3. The van der Waals surface area contributed by atoms with Crippen LogP contribution < -0.4 is 9.47 Å². The lowest BCUT2D eigenvalue weighted by atomic mass is 10.0. The largest absolute Gasteiger partial charge is 0.497 e. The van der Waals surface area contributed by atoms with E-state index in [2.05, 4.69) is 58.3 Å². The molecule has 34 heavy (non-hydrogen) atoms. The van der Waals surface area contributed by atoms with Gasteiger partial charge in [-0.25, -0.2) is 0 Å². The molecular weight excluding hydrogens is 424 g/mol. The van der Waals surface area contributed by atoms with Crippen molar-refractivity contribution in [2.24, 2.45) is 0 Å². The third kappa shape index (κ3) is 7.07. The van der Waals surface area contributed by atoms with Gasteiger partial charge in [0.25, 0.3) is 0 Å². The molecule has 4 rings (SSSR count). The van der Waals surface area contributed by atoms with E-state index in [9.17, 15) is 5.11 Å². The van der Waals surface area contributed by atoms with Gasteiger partial charge in [-0.15, -0.1) is 0 Å². The van der Waals surface area contributed by atoms with Gasteiger partial charge in [-0.3, -0.25) is 4.90 Å². The third-order valence-corrected chi connectivity index (χ3v) is 6.46. The zero-order valence-corrected chi connectivity index (χ0v) is 20.1. The Morgan fingerprint density at radius 2 is 1.59 bits per heavy atom. The second-order valence-corrected chi connectivity index (χ2v) is 8.91. The van der Waals surface area contributed by atoms with Gasteiger partial charge in [0, 0.05) is 45.7 Å². The van der Waals surface area contributed by atoms with Gasteiger partial charge in [0.15, 0.2) is 0 Å². The standard InChI is InChI=1S/C29H36N2O3/c1-33-27-13-7-12-25(22-27)28(32)23-31-18-16-30(17-19-31)15-8-20-34-29-14-6-5-11-26(29)21-24-9-3-2-4-10-24/h2-7,9-14,22,28,32H,8,15-21,23H2,1H3. The summed E-state index contributed by atoms with van der Waals surface area (Å²) in [5.74, 6) is 1.77. The summed E-state index contributed by atoms with van der Waals surface area (Å²) in [7, 11) is 1.65. The summed E-state index contributed by atoms with van der Waals surface area (Å²) >= 11 is 0. The molecule has 0 radical (unpaired) electrons. The quantitative estimate of drug-likeness (QED) is 0.430. The van der Waals surface area contributed by atoms with E-state index >= 15 is 0 Å². The molecule has 0 spiro atoms. The molecule has 1 N–H and O–H groups in total. The van der Waals surface area contributed by atoms with Crippen molar-refractivity contribution in [1.82, 2.24) is 9.80 Å². The van der Waals surface area contributed by atoms with Crippen LogP contribution >= 0.6 is 0 Å². The highest BCUT2D eigenvalue weighted by Crippen LogP contribution is 2.22. The van der Waals surface area contributed by atoms with E-state index < -0.39 is 6.10 Å². The first-order valence-corrected chi connectivity index (χ1v) is 12.2. The zero-order valence-electron chi connectivity index (χ0n) is 20.1. The van der Waals surface area contributed by atoms with Crippen molar-refractivity contribution >= 4 is 0 Å². The number of β-amino-alcohol motifs (C(OH)–C–C–N with tert-alkyl or cyclic N) is 1. The van der Waals surface area contributed by atoms with Crippen LogP contribution in [0.25, 0.3) is 0 Å². The van der Waals surface area contributed by atoms with Crippen LogP contribution in [0.15, 0.2) is 78.9 Å². The second-order valence-electron chi connectivity index (χ2n) is 8.91. The minimum absolute atomic E-state index is 0.494. The molecule has 3 aromatic rings. The topological polar surface area (TPSA) is 45.2 Å². The Labute approximate surface area is 203 Å². The molecule has 1 heterocycles. The molecule has 1 aliphatic heterocycles. The molecule has 1 unspecified atom stereocenters. The van der Waals surface area contributed by atoms with Crippen molar-refractivity contribution in [3.63, 3.8) is 0 Å². The molecule has 1 aliphatic rings. The molecule has 3 aromatic carbocycles. The molecule has 1 atom stereocenters. The predicted octanol–water partition coefficient (Wildman–Crippen LogP) is 4.41. The summed E-state index contributed by atoms with van der Waals surface area (Å²) in [4.78, 5) is 4.84. The summed E-state index contributed by atoms with van der Waals surface area (Å²) in [6.45, 7) is 6.41. The van der Waals surface area contributed by atoms with Crippen LogP contribution in [0, 0.1) is 0 Å². The Morgan fingerprint density at radius 3 is 2.38 bits per heavy atom. The lowest BCUT2D eigenvalue weighted by Crippen LogP contribution is -2.47. The Hall–Kier alpha value is -2.86. The predicted molar refractivity (Wildman–Crippen MR) is 137 cm³/mol. The summed E-state index contributed by atoms with van der Waals surface area (Å²) in [5, 5.41) is 10.6. The maximum atomic E-state index is 10.6. The number of ether oxygens (including phenoxy) is 2. The van der Waals surface area contributed by atoms with Crippen LogP contribution in [0.2, 0.25) is 0 Å². The number of methoxy groups -OCH3 is 1. The van der Waals surface area contributed by atoms with Crippen LogP contribution in [-0.2, 0) is 6.42 Å². The van der Waals surface area contributed by atoms with Gasteiger partial charge in [-0.2, -0.15) is 0 Å². The number of nitrogens with zero attached hydrogens (tertiary/aromatic N) is 2. The number of rotatable bonds is 11. The zero-order chi connectivity index (χ0) is 23.6. The molecule has 0 aliphatic carbocycles. The molecule has 180 valence electrons. The first-order chi connectivity index (χ1) is 16.7. The monoisotopic (exact) mass is 460 g/mol. The van der Waals surface area contributed by atoms with Crippen LogP contribution in [0.5, 0.6) is 11.5 Å². The van der Waals surface area contributed by atoms with Crippen molar-refractivity contribution in [2.75, 3.05) is 53.0 Å². The molecule has 1 saturated heterocycles. The SMILES string of the molecule is COc1cccc(C(O)CN2CCN(CCCOc3ccccc3Cc3ccccc3)CC2)c1. The van der Waals surface area contributed by atoms with E-state index in [1.54, 1.807) is 7.11 Å². The Morgan fingerprint density at radius 1 is 0.853 bits per heavy atom. The van der Waals surface area contributed by atoms with Gasteiger partial charge in [-0.05, 0) is 41.3 Å². The van der Waals surface area contributed by atoms with Gasteiger partial charge in [-0.1, -0.05) is 60.7 Å². The van der Waals surface area contributed by atoms with E-state index in [1.807, 2.05) is 30.3 Å². The van der Waals surface area contributed by atoms with Crippen molar-refractivity contribution in [3.05, 3.63) is 95.6 Å². The minimum atomic E-state index is -0.494. The van der Waals surface area contributed by atoms with Crippen molar-refractivity contribution in [3.8, 4) is 11.5 Å². The minimum Gasteiger partial charge on any atom is -0.497 e. The van der Waals surface area contributed by atoms with E-state index in [1.165, 1.54) is 11.1 Å². The van der Waals surface area contributed by atoms with Crippen LogP contribution in [0.1, 0.15) is 29.2 Å². The molecule has 0 saturated carbocycles. The Balaban J connectivity index is 1.16. The Bertz CT molecular complexity index is 1000. The van der Waals surface area contributed by atoms with Crippen LogP contribution in [0.4, 0.5) is 0 Å². The maximum Gasteiger partial charge on any atom is 0.122 e. The van der Waals surface area contributed by atoms with E-state index in [-0.39, 0.29) is 0 Å². The van der Waals surface area contributed by atoms with E-state index in [0.717, 1.165) is 69.2 Å². The lowest BCUT2D eigenvalue weighted by Gasteiger charge is -2.35. The van der Waals surface area contributed by atoms with E-state index in [0.29, 0.717) is 6.54 Å². The Kier molecular flexibility index (Phi) is 8.97. The van der Waals surface area contributed by atoms with Gasteiger partial charge in [0.05, 0.1) is 19.8 Å². The number of hydrogen-bond donors (Lipinski definition) is 1. The highest BCUT2D eigenvalue weighted by Gasteiger charge is 2.20. The van der Waals surface area contributed by atoms with Crippen molar-refractivity contribution in [2.45, 2.75) is 18.9 Å². The summed E-state index contributed by atoms with van der Waals surface area (Å²) in [5.41, 5.74) is 3.44. The average molecular weight is 461 g/mol.